The highest BCUT2D eigenvalue weighted by Crippen LogP contribution is 2.35. The predicted octanol–water partition coefficient (Wildman–Crippen LogP) is 0.613. The van der Waals surface area contributed by atoms with Gasteiger partial charge in [-0.1, -0.05) is 5.16 Å². The van der Waals surface area contributed by atoms with E-state index in [0.717, 1.165) is 22.7 Å². The third-order valence-electron chi connectivity index (χ3n) is 4.07. The van der Waals surface area contributed by atoms with E-state index in [9.17, 15) is 14.4 Å². The number of rotatable bonds is 6. The Morgan fingerprint density at radius 2 is 2.21 bits per heavy atom. The van der Waals surface area contributed by atoms with Crippen LogP contribution < -0.4 is 11.1 Å². The second-order valence-corrected chi connectivity index (χ2v) is 8.79. The molecule has 0 unspecified atom stereocenters. The lowest BCUT2D eigenvalue weighted by Gasteiger charge is -2.47. The highest BCUT2D eigenvalue weighted by molar-refractivity contribution is 8.00. The van der Waals surface area contributed by atoms with Crippen molar-refractivity contribution in [3.8, 4) is 0 Å². The van der Waals surface area contributed by atoms with Gasteiger partial charge in [0.1, 0.15) is 17.1 Å². The topological polar surface area (TPSA) is 147 Å². The van der Waals surface area contributed by atoms with Gasteiger partial charge in [0.2, 0.25) is 5.60 Å². The number of thioether (sulfide) groups is 1. The normalized spacial score (nSPS) is 22.1. The SMILES string of the molecule is CC1=CN2C(=O)[C@@H](NC(=O)/C(=N/OC(C)(C)C(=O)O)c3csc(N)n3)[C@H]2SC1. The van der Waals surface area contributed by atoms with Crippen LogP contribution >= 0.6 is 23.1 Å². The molecule has 1 aromatic rings. The first kappa shape index (κ1) is 20.1. The Labute approximate surface area is 168 Å². The summed E-state index contributed by atoms with van der Waals surface area (Å²) in [5.74, 6) is -1.41. The van der Waals surface area contributed by atoms with Crippen molar-refractivity contribution < 1.29 is 24.3 Å². The molecule has 0 aliphatic carbocycles. The second-order valence-electron chi connectivity index (χ2n) is 6.79. The highest BCUT2D eigenvalue weighted by Gasteiger charge is 2.49. The fourth-order valence-electron chi connectivity index (χ4n) is 2.43. The van der Waals surface area contributed by atoms with Crippen LogP contribution in [0.1, 0.15) is 26.5 Å². The summed E-state index contributed by atoms with van der Waals surface area (Å²) in [5, 5.41) is 17.0. The van der Waals surface area contributed by atoms with E-state index in [4.69, 9.17) is 15.7 Å². The summed E-state index contributed by atoms with van der Waals surface area (Å²) in [7, 11) is 0. The van der Waals surface area contributed by atoms with E-state index < -0.39 is 23.5 Å². The third-order valence-corrected chi connectivity index (χ3v) is 6.20. The summed E-state index contributed by atoms with van der Waals surface area (Å²) in [4.78, 5) is 47.0. The van der Waals surface area contributed by atoms with Gasteiger partial charge in [0.15, 0.2) is 10.8 Å². The Morgan fingerprint density at radius 3 is 2.82 bits per heavy atom. The van der Waals surface area contributed by atoms with Crippen LogP contribution in [0.15, 0.2) is 22.3 Å². The maximum absolute atomic E-state index is 12.8. The van der Waals surface area contributed by atoms with E-state index in [1.54, 1.807) is 22.9 Å². The molecule has 0 radical (unpaired) electrons. The van der Waals surface area contributed by atoms with E-state index in [1.807, 2.05) is 6.92 Å². The number of carbonyl (C=O) groups excluding carboxylic acids is 2. The summed E-state index contributed by atoms with van der Waals surface area (Å²) in [5.41, 5.74) is 4.93. The Kier molecular flexibility index (Phi) is 5.35. The molecule has 1 saturated heterocycles. The molecule has 2 aliphatic heterocycles. The lowest BCUT2D eigenvalue weighted by molar-refractivity contribution is -0.161. The number of oxime groups is 1. The number of thiazole rings is 1. The van der Waals surface area contributed by atoms with Crippen LogP contribution in [-0.4, -0.2) is 61.3 Å². The van der Waals surface area contributed by atoms with Gasteiger partial charge in [-0.15, -0.1) is 23.1 Å². The van der Waals surface area contributed by atoms with Crippen molar-refractivity contribution in [3.63, 3.8) is 0 Å². The lowest BCUT2D eigenvalue weighted by atomic mass is 10.1. The molecule has 10 nitrogen and oxygen atoms in total. The average Bonchev–Trinajstić information content (AvgIpc) is 3.05. The number of aliphatic carboxylic acids is 1. The van der Waals surface area contributed by atoms with Gasteiger partial charge in [-0.25, -0.2) is 9.78 Å². The molecule has 3 heterocycles. The molecule has 4 N–H and O–H groups in total. The summed E-state index contributed by atoms with van der Waals surface area (Å²) < 4.78 is 0. The average molecular weight is 425 g/mol. The Hall–Kier alpha value is -2.60. The number of hydrogen-bond acceptors (Lipinski definition) is 9. The van der Waals surface area contributed by atoms with Gasteiger partial charge in [-0.05, 0) is 26.3 Å². The van der Waals surface area contributed by atoms with Gasteiger partial charge in [-0.3, -0.25) is 9.59 Å². The number of nitrogens with zero attached hydrogens (tertiary/aromatic N) is 3. The van der Waals surface area contributed by atoms with Crippen LogP contribution in [0.25, 0.3) is 0 Å². The summed E-state index contributed by atoms with van der Waals surface area (Å²) in [6, 6.07) is -0.712. The van der Waals surface area contributed by atoms with E-state index >= 15 is 0 Å². The number of nitrogens with one attached hydrogen (secondary N) is 1. The minimum absolute atomic E-state index is 0.136. The van der Waals surface area contributed by atoms with E-state index in [1.165, 1.54) is 19.2 Å². The first-order valence-corrected chi connectivity index (χ1v) is 10.2. The molecule has 2 atom stereocenters. The number of β-lactam (4-membered cyclic amide) rings is 1. The number of nitrogens with two attached hydrogens (primary N) is 1. The maximum Gasteiger partial charge on any atom is 0.350 e. The molecule has 1 fully saturated rings. The van der Waals surface area contributed by atoms with Crippen LogP contribution in [0.5, 0.6) is 0 Å². The molecular weight excluding hydrogens is 406 g/mol. The number of carboxylic acids is 1. The Balaban J connectivity index is 1.80. The zero-order chi connectivity index (χ0) is 20.6. The van der Waals surface area contributed by atoms with E-state index in [2.05, 4.69) is 15.5 Å². The minimum atomic E-state index is -1.66. The summed E-state index contributed by atoms with van der Waals surface area (Å²) in [6.07, 6.45) is 1.78. The van der Waals surface area contributed by atoms with Crippen LogP contribution in [0.4, 0.5) is 5.13 Å². The van der Waals surface area contributed by atoms with Crippen LogP contribution in [0, 0.1) is 0 Å². The summed E-state index contributed by atoms with van der Waals surface area (Å²) >= 11 is 2.64. The van der Waals surface area contributed by atoms with Gasteiger partial charge >= 0.3 is 5.97 Å². The first-order valence-electron chi connectivity index (χ1n) is 8.23. The second kappa shape index (κ2) is 7.43. The van der Waals surface area contributed by atoms with Crippen molar-refractivity contribution in [2.75, 3.05) is 11.5 Å². The number of carbonyl (C=O) groups is 3. The van der Waals surface area contributed by atoms with Gasteiger partial charge < -0.3 is 25.9 Å². The van der Waals surface area contributed by atoms with E-state index in [0.29, 0.717) is 0 Å². The smallest absolute Gasteiger partial charge is 0.350 e. The summed E-state index contributed by atoms with van der Waals surface area (Å²) in [6.45, 7) is 4.52. The zero-order valence-electron chi connectivity index (χ0n) is 15.3. The third kappa shape index (κ3) is 3.83. The molecule has 3 rings (SSSR count). The number of carboxylic acid groups (broad SMARTS) is 1. The highest BCUT2D eigenvalue weighted by atomic mass is 32.2. The number of fused-ring (bicyclic) bond motifs is 1. The number of hydrogen-bond donors (Lipinski definition) is 3. The number of anilines is 1. The van der Waals surface area contributed by atoms with Crippen molar-refractivity contribution in [3.05, 3.63) is 22.8 Å². The van der Waals surface area contributed by atoms with Crippen LogP contribution in [-0.2, 0) is 19.2 Å². The van der Waals surface area contributed by atoms with Gasteiger partial charge in [0.25, 0.3) is 11.8 Å². The fourth-order valence-corrected chi connectivity index (χ4v) is 4.19. The molecule has 2 aliphatic rings. The molecule has 12 heteroatoms. The Bertz CT molecular complexity index is 894. The van der Waals surface area contributed by atoms with Gasteiger partial charge in [0, 0.05) is 17.3 Å². The molecule has 1 aromatic heterocycles. The fraction of sp³-hybridized carbons (Fsp3) is 0.438. The molecular formula is C16H19N5O5S2. The molecule has 150 valence electrons. The monoisotopic (exact) mass is 425 g/mol. The molecule has 0 aromatic carbocycles. The number of aromatic nitrogens is 1. The maximum atomic E-state index is 12.8. The molecule has 28 heavy (non-hydrogen) atoms. The molecule has 0 spiro atoms. The van der Waals surface area contributed by atoms with Crippen molar-refractivity contribution in [1.29, 1.82) is 0 Å². The quantitative estimate of drug-likeness (QED) is 0.341. The largest absolute Gasteiger partial charge is 0.478 e. The predicted molar refractivity (Wildman–Crippen MR) is 105 cm³/mol. The van der Waals surface area contributed by atoms with Crippen LogP contribution in [0.2, 0.25) is 0 Å². The first-order chi connectivity index (χ1) is 13.1. The van der Waals surface area contributed by atoms with Gasteiger partial charge in [-0.2, -0.15) is 0 Å². The van der Waals surface area contributed by atoms with Crippen molar-refractivity contribution in [1.82, 2.24) is 15.2 Å². The number of amides is 2. The van der Waals surface area contributed by atoms with Crippen molar-refractivity contribution in [2.24, 2.45) is 5.16 Å². The van der Waals surface area contributed by atoms with Crippen molar-refractivity contribution >= 4 is 51.7 Å². The van der Waals surface area contributed by atoms with E-state index in [-0.39, 0.29) is 27.8 Å². The molecule has 2 amide bonds. The zero-order valence-corrected chi connectivity index (χ0v) is 17.0. The molecule has 0 saturated carbocycles. The Morgan fingerprint density at radius 1 is 1.50 bits per heavy atom. The number of nitrogen functional groups attached to an aromatic ring is 1. The standard InChI is InChI=1S/C16H19N5O5S2/c1-7-4-21-12(23)10(13(21)27-5-7)19-11(22)9(8-6-28-15(17)18-8)20-26-16(2,3)14(24)25/h4,6,10,13H,5H2,1-3H3,(H2,17,18)(H,19,22)(H,24,25)/b20-9+/t10-,13-/m1/s1. The lowest BCUT2D eigenvalue weighted by Crippen LogP contribution is -2.69. The van der Waals surface area contributed by atoms with Crippen LogP contribution in [0.3, 0.4) is 0 Å². The molecule has 0 bridgehead atoms. The minimum Gasteiger partial charge on any atom is -0.478 e. The van der Waals surface area contributed by atoms with Crippen molar-refractivity contribution in [2.45, 2.75) is 37.8 Å². The van der Waals surface area contributed by atoms with Gasteiger partial charge in [0.05, 0.1) is 0 Å².